The monoisotopic (exact) mass is 407 g/mol. The van der Waals surface area contributed by atoms with Gasteiger partial charge in [-0.2, -0.15) is 0 Å². The van der Waals surface area contributed by atoms with Gasteiger partial charge in [0.15, 0.2) is 6.61 Å². The van der Waals surface area contributed by atoms with Crippen LogP contribution in [-0.4, -0.2) is 18.5 Å². The molecule has 2 rings (SSSR count). The Kier molecular flexibility index (Phi) is 6.58. The summed E-state index contributed by atoms with van der Waals surface area (Å²) in [5, 5.41) is 3.29. The molecule has 2 aromatic carbocycles. The molecule has 0 atom stereocenters. The summed E-state index contributed by atoms with van der Waals surface area (Å²) >= 11 is 9.15. The quantitative estimate of drug-likeness (QED) is 0.581. The second-order valence-corrected chi connectivity index (χ2v) is 6.31. The van der Waals surface area contributed by atoms with Crippen molar-refractivity contribution in [1.29, 1.82) is 0 Å². The molecule has 2 aromatic rings. The number of benzene rings is 2. The summed E-state index contributed by atoms with van der Waals surface area (Å²) in [4.78, 5) is 23.4. The van der Waals surface area contributed by atoms with Crippen LogP contribution in [0.1, 0.15) is 11.1 Å². The zero-order valence-corrected chi connectivity index (χ0v) is 15.2. The van der Waals surface area contributed by atoms with Crippen molar-refractivity contribution in [3.8, 4) is 0 Å². The number of hydrogen-bond donors (Lipinski definition) is 1. The summed E-state index contributed by atoms with van der Waals surface area (Å²) in [5.74, 6) is -1.00. The zero-order valence-electron chi connectivity index (χ0n) is 12.9. The van der Waals surface area contributed by atoms with Gasteiger partial charge in [0.05, 0.1) is 5.69 Å². The maximum absolute atomic E-state index is 11.8. The van der Waals surface area contributed by atoms with E-state index >= 15 is 0 Å². The van der Waals surface area contributed by atoms with Gasteiger partial charge in [-0.3, -0.25) is 4.79 Å². The summed E-state index contributed by atoms with van der Waals surface area (Å²) in [5.41, 5.74) is 2.50. The topological polar surface area (TPSA) is 55.4 Å². The first-order chi connectivity index (χ1) is 11.4. The lowest BCUT2D eigenvalue weighted by Crippen LogP contribution is -2.20. The highest BCUT2D eigenvalue weighted by Gasteiger charge is 2.08. The standard InChI is InChI=1S/C18H15BrClNO3/c1-12-2-8-16(15(19)10-12)21-17(22)11-24-18(23)9-5-13-3-6-14(20)7-4-13/h2-10H,11H2,1H3,(H,21,22)/b9-5+. The normalized spacial score (nSPS) is 10.6. The molecule has 0 fully saturated rings. The number of aryl methyl sites for hydroxylation is 1. The molecule has 0 radical (unpaired) electrons. The Hall–Kier alpha value is -2.11. The lowest BCUT2D eigenvalue weighted by Gasteiger charge is -2.08. The van der Waals surface area contributed by atoms with Crippen molar-refractivity contribution in [3.63, 3.8) is 0 Å². The maximum atomic E-state index is 11.8. The van der Waals surface area contributed by atoms with Gasteiger partial charge in [-0.15, -0.1) is 0 Å². The van der Waals surface area contributed by atoms with Gasteiger partial charge in [-0.1, -0.05) is 29.8 Å². The van der Waals surface area contributed by atoms with Gasteiger partial charge in [0.1, 0.15) is 0 Å². The molecule has 0 heterocycles. The number of esters is 1. The van der Waals surface area contributed by atoms with Crippen LogP contribution in [0.15, 0.2) is 53.0 Å². The van der Waals surface area contributed by atoms with Crippen LogP contribution >= 0.6 is 27.5 Å². The van der Waals surface area contributed by atoms with E-state index in [0.717, 1.165) is 15.6 Å². The molecule has 0 aromatic heterocycles. The van der Waals surface area contributed by atoms with Gasteiger partial charge in [0.25, 0.3) is 5.91 Å². The number of ether oxygens (including phenoxy) is 1. The van der Waals surface area contributed by atoms with Crippen molar-refractivity contribution in [2.75, 3.05) is 11.9 Å². The molecule has 124 valence electrons. The van der Waals surface area contributed by atoms with Crippen LogP contribution in [0, 0.1) is 6.92 Å². The van der Waals surface area contributed by atoms with Crippen LogP contribution < -0.4 is 5.32 Å². The molecular formula is C18H15BrClNO3. The Morgan fingerprint density at radius 3 is 2.58 bits per heavy atom. The van der Waals surface area contributed by atoms with Crippen molar-refractivity contribution in [1.82, 2.24) is 0 Å². The fraction of sp³-hybridized carbons (Fsp3) is 0.111. The Bertz CT molecular complexity index is 772. The zero-order chi connectivity index (χ0) is 17.5. The van der Waals surface area contributed by atoms with E-state index in [9.17, 15) is 9.59 Å². The van der Waals surface area contributed by atoms with E-state index in [-0.39, 0.29) is 6.61 Å². The Morgan fingerprint density at radius 1 is 1.21 bits per heavy atom. The minimum absolute atomic E-state index is 0.357. The van der Waals surface area contributed by atoms with E-state index in [4.69, 9.17) is 16.3 Å². The van der Waals surface area contributed by atoms with Crippen LogP contribution in [-0.2, 0) is 14.3 Å². The van der Waals surface area contributed by atoms with Gasteiger partial charge in [0.2, 0.25) is 0 Å². The fourth-order valence-corrected chi connectivity index (χ4v) is 2.55. The molecule has 1 amide bonds. The molecule has 6 heteroatoms. The summed E-state index contributed by atoms with van der Waals surface area (Å²) in [6.45, 7) is 1.59. The third-order valence-corrected chi connectivity index (χ3v) is 3.93. The average Bonchev–Trinajstić information content (AvgIpc) is 2.55. The summed E-state index contributed by atoms with van der Waals surface area (Å²) < 4.78 is 5.67. The highest BCUT2D eigenvalue weighted by atomic mass is 79.9. The van der Waals surface area contributed by atoms with Crippen LogP contribution in [0.4, 0.5) is 5.69 Å². The number of carbonyl (C=O) groups excluding carboxylic acids is 2. The lowest BCUT2D eigenvalue weighted by molar-refractivity contribution is -0.142. The number of anilines is 1. The van der Waals surface area contributed by atoms with Gasteiger partial charge >= 0.3 is 5.97 Å². The van der Waals surface area contributed by atoms with Crippen molar-refractivity contribution in [2.24, 2.45) is 0 Å². The molecule has 0 aliphatic carbocycles. The number of nitrogens with one attached hydrogen (secondary N) is 1. The number of halogens is 2. The van der Waals surface area contributed by atoms with Crippen LogP contribution in [0.2, 0.25) is 5.02 Å². The molecule has 0 saturated heterocycles. The van der Waals surface area contributed by atoms with Crippen molar-refractivity contribution in [2.45, 2.75) is 6.92 Å². The predicted octanol–water partition coefficient (Wildman–Crippen LogP) is 4.61. The number of hydrogen-bond acceptors (Lipinski definition) is 3. The molecule has 0 spiro atoms. The largest absolute Gasteiger partial charge is 0.452 e. The average molecular weight is 409 g/mol. The van der Waals surface area contributed by atoms with Gasteiger partial charge in [0, 0.05) is 15.6 Å². The maximum Gasteiger partial charge on any atom is 0.331 e. The Labute approximate surface area is 153 Å². The minimum Gasteiger partial charge on any atom is -0.452 e. The summed E-state index contributed by atoms with van der Waals surface area (Å²) in [7, 11) is 0. The van der Waals surface area contributed by atoms with Crippen LogP contribution in [0.25, 0.3) is 6.08 Å². The SMILES string of the molecule is Cc1ccc(NC(=O)COC(=O)/C=C/c2ccc(Cl)cc2)c(Br)c1. The van der Waals surface area contributed by atoms with Crippen LogP contribution in [0.3, 0.4) is 0 Å². The highest BCUT2D eigenvalue weighted by molar-refractivity contribution is 9.10. The Morgan fingerprint density at radius 2 is 1.92 bits per heavy atom. The first-order valence-corrected chi connectivity index (χ1v) is 8.27. The summed E-state index contributed by atoms with van der Waals surface area (Å²) in [6, 6.07) is 12.5. The predicted molar refractivity (Wildman–Crippen MR) is 99.0 cm³/mol. The second-order valence-electron chi connectivity index (χ2n) is 5.02. The number of rotatable bonds is 5. The van der Waals surface area contributed by atoms with Gasteiger partial charge < -0.3 is 10.1 Å². The van der Waals surface area contributed by atoms with E-state index in [0.29, 0.717) is 10.7 Å². The molecule has 0 bridgehead atoms. The molecule has 0 aliphatic heterocycles. The Balaban J connectivity index is 1.82. The fourth-order valence-electron chi connectivity index (χ4n) is 1.83. The van der Waals surface area contributed by atoms with E-state index < -0.39 is 11.9 Å². The van der Waals surface area contributed by atoms with E-state index in [1.54, 1.807) is 36.4 Å². The smallest absolute Gasteiger partial charge is 0.331 e. The lowest BCUT2D eigenvalue weighted by atomic mass is 10.2. The molecule has 0 aliphatic rings. The molecule has 0 unspecified atom stereocenters. The first-order valence-electron chi connectivity index (χ1n) is 7.10. The van der Waals surface area contributed by atoms with E-state index in [1.165, 1.54) is 6.08 Å². The molecular weight excluding hydrogens is 394 g/mol. The van der Waals surface area contributed by atoms with Crippen molar-refractivity contribution in [3.05, 3.63) is 69.2 Å². The second kappa shape index (κ2) is 8.66. The third-order valence-electron chi connectivity index (χ3n) is 3.03. The third kappa shape index (κ3) is 5.83. The van der Waals surface area contributed by atoms with E-state index in [1.807, 2.05) is 19.1 Å². The minimum atomic E-state index is -0.594. The van der Waals surface area contributed by atoms with E-state index in [2.05, 4.69) is 21.2 Å². The highest BCUT2D eigenvalue weighted by Crippen LogP contribution is 2.23. The molecule has 4 nitrogen and oxygen atoms in total. The molecule has 1 N–H and O–H groups in total. The number of amides is 1. The number of carbonyl (C=O) groups is 2. The van der Waals surface area contributed by atoms with Crippen LogP contribution in [0.5, 0.6) is 0 Å². The first kappa shape index (κ1) is 18.2. The molecule has 0 saturated carbocycles. The van der Waals surface area contributed by atoms with Crippen molar-refractivity contribution < 1.29 is 14.3 Å². The van der Waals surface area contributed by atoms with Crippen molar-refractivity contribution >= 4 is 51.2 Å². The van der Waals surface area contributed by atoms with Gasteiger partial charge in [-0.05, 0) is 64.3 Å². The molecule has 24 heavy (non-hydrogen) atoms. The van der Waals surface area contributed by atoms with Gasteiger partial charge in [-0.25, -0.2) is 4.79 Å². The summed E-state index contributed by atoms with van der Waals surface area (Å²) in [6.07, 6.45) is 2.85.